The van der Waals surface area contributed by atoms with Crippen LogP contribution in [0.1, 0.15) is 24.3 Å². The lowest BCUT2D eigenvalue weighted by Crippen LogP contribution is -2.37. The molecule has 1 N–H and O–H groups in total. The number of hydrogen-bond acceptors (Lipinski definition) is 5. The largest absolute Gasteiger partial charge is 0.392 e. The predicted molar refractivity (Wildman–Crippen MR) is 74.9 cm³/mol. The molecule has 21 heavy (non-hydrogen) atoms. The number of hydrogen-bond donors (Lipinski definition) is 1. The highest BCUT2D eigenvalue weighted by atomic mass is 19.1. The van der Waals surface area contributed by atoms with Gasteiger partial charge in [0.05, 0.1) is 12.6 Å². The van der Waals surface area contributed by atoms with Crippen molar-refractivity contribution in [1.82, 2.24) is 15.0 Å². The Balaban J connectivity index is 1.72. The summed E-state index contributed by atoms with van der Waals surface area (Å²) in [5.41, 5.74) is 1.19. The minimum Gasteiger partial charge on any atom is -0.392 e. The van der Waals surface area contributed by atoms with E-state index in [1.165, 1.54) is 6.07 Å². The van der Waals surface area contributed by atoms with Gasteiger partial charge in [0.25, 0.3) is 0 Å². The molecule has 1 aliphatic rings. The SMILES string of the molecule is Cc1ccc(-c2noc(CN3CCC[C@H](O)C3)n2)cc1F. The van der Waals surface area contributed by atoms with Crippen LogP contribution in [0, 0.1) is 12.7 Å². The van der Waals surface area contributed by atoms with Gasteiger partial charge in [0.1, 0.15) is 5.82 Å². The van der Waals surface area contributed by atoms with Crippen molar-refractivity contribution in [2.75, 3.05) is 13.1 Å². The molecule has 1 fully saturated rings. The van der Waals surface area contributed by atoms with Gasteiger partial charge < -0.3 is 9.63 Å². The second kappa shape index (κ2) is 5.91. The van der Waals surface area contributed by atoms with Crippen LogP contribution in [0.3, 0.4) is 0 Å². The molecule has 6 heteroatoms. The number of piperidine rings is 1. The Morgan fingerprint density at radius 3 is 3.10 bits per heavy atom. The molecule has 1 aliphatic heterocycles. The fraction of sp³-hybridized carbons (Fsp3) is 0.467. The van der Waals surface area contributed by atoms with Crippen LogP contribution in [-0.2, 0) is 6.54 Å². The van der Waals surface area contributed by atoms with Gasteiger partial charge in [0.15, 0.2) is 0 Å². The van der Waals surface area contributed by atoms with Crippen LogP contribution in [0.2, 0.25) is 0 Å². The van der Waals surface area contributed by atoms with Gasteiger partial charge >= 0.3 is 0 Å². The topological polar surface area (TPSA) is 62.4 Å². The van der Waals surface area contributed by atoms with Gasteiger partial charge in [-0.1, -0.05) is 17.3 Å². The molecule has 1 atom stereocenters. The summed E-state index contributed by atoms with van der Waals surface area (Å²) in [5.74, 6) is 0.597. The van der Waals surface area contributed by atoms with Crippen LogP contribution in [-0.4, -0.2) is 39.3 Å². The molecule has 0 amide bonds. The molecule has 1 saturated heterocycles. The number of aromatic nitrogens is 2. The number of halogens is 1. The van der Waals surface area contributed by atoms with Gasteiger partial charge in [-0.05, 0) is 37.9 Å². The van der Waals surface area contributed by atoms with E-state index in [2.05, 4.69) is 15.0 Å². The first kappa shape index (κ1) is 14.2. The Bertz CT molecular complexity index is 629. The molecule has 3 rings (SSSR count). The van der Waals surface area contributed by atoms with Crippen LogP contribution in [0.4, 0.5) is 4.39 Å². The fourth-order valence-electron chi connectivity index (χ4n) is 2.53. The second-order valence-corrected chi connectivity index (χ2v) is 5.51. The first-order valence-electron chi connectivity index (χ1n) is 7.11. The van der Waals surface area contributed by atoms with Crippen molar-refractivity contribution in [3.05, 3.63) is 35.5 Å². The normalized spacial score (nSPS) is 19.9. The number of nitrogens with zero attached hydrogens (tertiary/aromatic N) is 3. The number of aliphatic hydroxyl groups is 1. The summed E-state index contributed by atoms with van der Waals surface area (Å²) in [4.78, 5) is 6.39. The average Bonchev–Trinajstić information content (AvgIpc) is 2.90. The molecule has 1 aromatic carbocycles. The maximum Gasteiger partial charge on any atom is 0.241 e. The molecule has 0 bridgehead atoms. The van der Waals surface area contributed by atoms with Crippen molar-refractivity contribution in [2.24, 2.45) is 0 Å². The molecule has 0 aliphatic carbocycles. The summed E-state index contributed by atoms with van der Waals surface area (Å²) in [5, 5.41) is 13.5. The van der Waals surface area contributed by atoms with Crippen molar-refractivity contribution in [3.8, 4) is 11.4 Å². The van der Waals surface area contributed by atoms with Crippen molar-refractivity contribution in [2.45, 2.75) is 32.4 Å². The third-order valence-electron chi connectivity index (χ3n) is 3.74. The van der Waals surface area contributed by atoms with Crippen molar-refractivity contribution >= 4 is 0 Å². The van der Waals surface area contributed by atoms with E-state index in [0.717, 1.165) is 19.4 Å². The Labute approximate surface area is 122 Å². The van der Waals surface area contributed by atoms with E-state index in [1.54, 1.807) is 19.1 Å². The lowest BCUT2D eigenvalue weighted by molar-refractivity contribution is 0.0613. The van der Waals surface area contributed by atoms with Crippen LogP contribution in [0.5, 0.6) is 0 Å². The van der Waals surface area contributed by atoms with E-state index in [1.807, 2.05) is 0 Å². The van der Waals surface area contributed by atoms with Crippen LogP contribution in [0.25, 0.3) is 11.4 Å². The zero-order valence-corrected chi connectivity index (χ0v) is 11.9. The second-order valence-electron chi connectivity index (χ2n) is 5.51. The molecule has 0 unspecified atom stereocenters. The molecule has 5 nitrogen and oxygen atoms in total. The number of aryl methyl sites for hydroxylation is 1. The maximum atomic E-state index is 13.6. The molecular weight excluding hydrogens is 273 g/mol. The Kier molecular flexibility index (Phi) is 3.98. The fourth-order valence-corrected chi connectivity index (χ4v) is 2.53. The molecule has 2 heterocycles. The maximum absolute atomic E-state index is 13.6. The Morgan fingerprint density at radius 2 is 2.33 bits per heavy atom. The van der Waals surface area contributed by atoms with E-state index >= 15 is 0 Å². The van der Waals surface area contributed by atoms with Crippen molar-refractivity contribution < 1.29 is 14.0 Å². The number of benzene rings is 1. The zero-order chi connectivity index (χ0) is 14.8. The lowest BCUT2D eigenvalue weighted by Gasteiger charge is -2.28. The van der Waals surface area contributed by atoms with E-state index < -0.39 is 0 Å². The molecular formula is C15H18FN3O2. The van der Waals surface area contributed by atoms with Crippen molar-refractivity contribution in [1.29, 1.82) is 0 Å². The summed E-state index contributed by atoms with van der Waals surface area (Å²) in [6, 6.07) is 4.88. The number of rotatable bonds is 3. The van der Waals surface area contributed by atoms with E-state index in [0.29, 0.717) is 35.9 Å². The zero-order valence-electron chi connectivity index (χ0n) is 11.9. The van der Waals surface area contributed by atoms with E-state index in [9.17, 15) is 9.50 Å². The predicted octanol–water partition coefficient (Wildman–Crippen LogP) is 2.14. The minimum absolute atomic E-state index is 0.280. The summed E-state index contributed by atoms with van der Waals surface area (Å²) >= 11 is 0. The first-order chi connectivity index (χ1) is 10.1. The first-order valence-corrected chi connectivity index (χ1v) is 7.11. The van der Waals surface area contributed by atoms with Crippen LogP contribution >= 0.6 is 0 Å². The molecule has 0 spiro atoms. The molecule has 0 saturated carbocycles. The number of aliphatic hydroxyl groups excluding tert-OH is 1. The summed E-state index contributed by atoms with van der Waals surface area (Å²) < 4.78 is 18.8. The summed E-state index contributed by atoms with van der Waals surface area (Å²) in [6.07, 6.45) is 1.52. The smallest absolute Gasteiger partial charge is 0.241 e. The lowest BCUT2D eigenvalue weighted by atomic mass is 10.1. The van der Waals surface area contributed by atoms with E-state index in [4.69, 9.17) is 4.52 Å². The quantitative estimate of drug-likeness (QED) is 0.938. The van der Waals surface area contributed by atoms with Gasteiger partial charge in [-0.3, -0.25) is 4.90 Å². The monoisotopic (exact) mass is 291 g/mol. The van der Waals surface area contributed by atoms with Gasteiger partial charge in [-0.2, -0.15) is 4.98 Å². The standard InChI is InChI=1S/C15H18FN3O2/c1-10-4-5-11(7-13(10)16)15-17-14(21-18-15)9-19-6-2-3-12(20)8-19/h4-5,7,12,20H,2-3,6,8-9H2,1H3/t12-/m0/s1. The molecule has 1 aromatic heterocycles. The number of β-amino-alcohol motifs (C(OH)–C–C–N with tert-alkyl or cyclic N) is 1. The Morgan fingerprint density at radius 1 is 1.48 bits per heavy atom. The minimum atomic E-state index is -0.285. The summed E-state index contributed by atoms with van der Waals surface area (Å²) in [6.45, 7) is 3.76. The molecule has 2 aromatic rings. The third-order valence-corrected chi connectivity index (χ3v) is 3.74. The number of likely N-dealkylation sites (tertiary alicyclic amines) is 1. The van der Waals surface area contributed by atoms with Gasteiger partial charge in [0.2, 0.25) is 11.7 Å². The highest BCUT2D eigenvalue weighted by Gasteiger charge is 2.20. The van der Waals surface area contributed by atoms with Crippen LogP contribution in [0.15, 0.2) is 22.7 Å². The van der Waals surface area contributed by atoms with Gasteiger partial charge in [-0.25, -0.2) is 4.39 Å². The van der Waals surface area contributed by atoms with Gasteiger partial charge in [0, 0.05) is 12.1 Å². The molecule has 112 valence electrons. The van der Waals surface area contributed by atoms with Gasteiger partial charge in [-0.15, -0.1) is 0 Å². The third kappa shape index (κ3) is 3.28. The van der Waals surface area contributed by atoms with E-state index in [-0.39, 0.29) is 11.9 Å². The average molecular weight is 291 g/mol. The highest BCUT2D eigenvalue weighted by molar-refractivity contribution is 5.54. The Hall–Kier alpha value is -1.79. The van der Waals surface area contributed by atoms with Crippen molar-refractivity contribution in [3.63, 3.8) is 0 Å². The summed E-state index contributed by atoms with van der Waals surface area (Å²) in [7, 11) is 0. The molecule has 0 radical (unpaired) electrons. The highest BCUT2D eigenvalue weighted by Crippen LogP contribution is 2.20. The van der Waals surface area contributed by atoms with Crippen LogP contribution < -0.4 is 0 Å².